The molecule has 0 aromatic rings. The van der Waals surface area contributed by atoms with Gasteiger partial charge in [-0.1, -0.05) is 0 Å². The molecule has 0 aromatic heterocycles. The van der Waals surface area contributed by atoms with E-state index in [9.17, 15) is 27.6 Å². The van der Waals surface area contributed by atoms with Gasteiger partial charge in [-0.3, -0.25) is 14.4 Å². The third-order valence-corrected chi connectivity index (χ3v) is 3.86. The third-order valence-electron chi connectivity index (χ3n) is 3.86. The third kappa shape index (κ3) is 3.64. The Morgan fingerprint density at radius 3 is 2.48 bits per heavy atom. The van der Waals surface area contributed by atoms with Gasteiger partial charge in [0.25, 0.3) is 0 Å². The Hall–Kier alpha value is -1.80. The smallest absolute Gasteiger partial charge is 0.406 e. The maximum atomic E-state index is 12.3. The Labute approximate surface area is 118 Å². The Bertz CT molecular complexity index is 474. The number of carboxylic acid groups (broad SMARTS) is 1. The van der Waals surface area contributed by atoms with E-state index in [2.05, 4.69) is 5.32 Å². The van der Waals surface area contributed by atoms with Crippen LogP contribution in [0.2, 0.25) is 0 Å². The van der Waals surface area contributed by atoms with Crippen molar-refractivity contribution in [2.24, 2.45) is 11.3 Å². The first-order chi connectivity index (χ1) is 9.63. The van der Waals surface area contributed by atoms with Crippen LogP contribution in [0.25, 0.3) is 0 Å². The summed E-state index contributed by atoms with van der Waals surface area (Å²) in [6, 6.07) is 0. The van der Waals surface area contributed by atoms with Gasteiger partial charge in [-0.15, -0.1) is 0 Å². The SMILES string of the molecule is O=C(NCC1(C(=O)O)CC1)C1CC(=O)N(CC(F)(F)F)C1. The van der Waals surface area contributed by atoms with Gasteiger partial charge in [0.05, 0.1) is 11.3 Å². The van der Waals surface area contributed by atoms with Crippen molar-refractivity contribution in [3.63, 3.8) is 0 Å². The van der Waals surface area contributed by atoms with Crippen LogP contribution in [0.1, 0.15) is 19.3 Å². The first kappa shape index (κ1) is 15.6. The van der Waals surface area contributed by atoms with E-state index in [0.29, 0.717) is 17.7 Å². The lowest BCUT2D eigenvalue weighted by molar-refractivity contribution is -0.157. The Morgan fingerprint density at radius 2 is 2.00 bits per heavy atom. The summed E-state index contributed by atoms with van der Waals surface area (Å²) in [5.41, 5.74) is -0.941. The normalized spacial score (nSPS) is 24.0. The van der Waals surface area contributed by atoms with Crippen molar-refractivity contribution in [3.8, 4) is 0 Å². The van der Waals surface area contributed by atoms with Crippen LogP contribution in [0.5, 0.6) is 0 Å². The maximum Gasteiger partial charge on any atom is 0.406 e. The molecule has 0 radical (unpaired) electrons. The minimum atomic E-state index is -4.50. The van der Waals surface area contributed by atoms with Crippen LogP contribution < -0.4 is 5.32 Å². The number of halogens is 3. The highest BCUT2D eigenvalue weighted by atomic mass is 19.4. The molecule has 1 heterocycles. The number of aliphatic carboxylic acids is 1. The van der Waals surface area contributed by atoms with Crippen molar-refractivity contribution < 1.29 is 32.7 Å². The van der Waals surface area contributed by atoms with Gasteiger partial charge in [-0.2, -0.15) is 13.2 Å². The van der Waals surface area contributed by atoms with Crippen molar-refractivity contribution in [2.75, 3.05) is 19.6 Å². The number of nitrogens with one attached hydrogen (secondary N) is 1. The van der Waals surface area contributed by atoms with Crippen molar-refractivity contribution in [1.82, 2.24) is 10.2 Å². The first-order valence-corrected chi connectivity index (χ1v) is 6.49. The molecule has 1 aliphatic carbocycles. The highest BCUT2D eigenvalue weighted by Crippen LogP contribution is 2.45. The van der Waals surface area contributed by atoms with Gasteiger partial charge in [0.15, 0.2) is 0 Å². The minimum absolute atomic E-state index is 0.0505. The average Bonchev–Trinajstić information content (AvgIpc) is 3.06. The summed E-state index contributed by atoms with van der Waals surface area (Å²) >= 11 is 0. The van der Waals surface area contributed by atoms with Crippen LogP contribution in [0.4, 0.5) is 13.2 Å². The lowest BCUT2D eigenvalue weighted by Gasteiger charge is -2.18. The summed E-state index contributed by atoms with van der Waals surface area (Å²) in [4.78, 5) is 34.8. The highest BCUT2D eigenvalue weighted by Gasteiger charge is 2.50. The van der Waals surface area contributed by atoms with E-state index in [1.807, 2.05) is 0 Å². The van der Waals surface area contributed by atoms with Crippen LogP contribution in [-0.2, 0) is 14.4 Å². The molecule has 118 valence electrons. The zero-order valence-electron chi connectivity index (χ0n) is 11.1. The molecule has 9 heteroatoms. The zero-order chi connectivity index (χ0) is 15.8. The van der Waals surface area contributed by atoms with Crippen LogP contribution in [0.3, 0.4) is 0 Å². The van der Waals surface area contributed by atoms with Crippen molar-refractivity contribution in [3.05, 3.63) is 0 Å². The molecular weight excluding hydrogens is 293 g/mol. The van der Waals surface area contributed by atoms with E-state index in [0.717, 1.165) is 0 Å². The fourth-order valence-electron chi connectivity index (χ4n) is 2.33. The second kappa shape index (κ2) is 5.19. The Morgan fingerprint density at radius 1 is 1.38 bits per heavy atom. The Kier molecular flexibility index (Phi) is 3.85. The number of amides is 2. The van der Waals surface area contributed by atoms with E-state index in [1.54, 1.807) is 0 Å². The molecule has 21 heavy (non-hydrogen) atoms. The molecule has 2 amide bonds. The standard InChI is InChI=1S/C12H15F3N2O4/c13-12(14,15)6-17-4-7(3-8(17)18)9(19)16-5-11(1-2-11)10(20)21/h7H,1-6H2,(H,16,19)(H,20,21). The topological polar surface area (TPSA) is 86.7 Å². The fourth-order valence-corrected chi connectivity index (χ4v) is 2.33. The monoisotopic (exact) mass is 308 g/mol. The first-order valence-electron chi connectivity index (χ1n) is 6.49. The van der Waals surface area contributed by atoms with Crippen molar-refractivity contribution >= 4 is 17.8 Å². The van der Waals surface area contributed by atoms with Gasteiger partial charge in [0, 0.05) is 19.5 Å². The van der Waals surface area contributed by atoms with Gasteiger partial charge >= 0.3 is 12.1 Å². The van der Waals surface area contributed by atoms with Gasteiger partial charge in [-0.25, -0.2) is 0 Å². The highest BCUT2D eigenvalue weighted by molar-refractivity contribution is 5.89. The van der Waals surface area contributed by atoms with E-state index in [-0.39, 0.29) is 19.5 Å². The number of rotatable bonds is 5. The van der Waals surface area contributed by atoms with E-state index < -0.39 is 41.8 Å². The molecule has 6 nitrogen and oxygen atoms in total. The number of carbonyl (C=O) groups excluding carboxylic acids is 2. The number of hydrogen-bond donors (Lipinski definition) is 2. The lowest BCUT2D eigenvalue weighted by atomic mass is 10.1. The van der Waals surface area contributed by atoms with Gasteiger partial charge < -0.3 is 15.3 Å². The molecule has 1 saturated carbocycles. The second-order valence-corrected chi connectivity index (χ2v) is 5.59. The zero-order valence-corrected chi connectivity index (χ0v) is 11.1. The summed E-state index contributed by atoms with van der Waals surface area (Å²) in [6.07, 6.45) is -3.84. The number of hydrogen-bond acceptors (Lipinski definition) is 3. The molecule has 2 fully saturated rings. The summed E-state index contributed by atoms with van der Waals surface area (Å²) in [7, 11) is 0. The number of nitrogens with zero attached hydrogens (tertiary/aromatic N) is 1. The molecule has 0 spiro atoms. The summed E-state index contributed by atoms with van der Waals surface area (Å²) in [5.74, 6) is -3.14. The largest absolute Gasteiger partial charge is 0.481 e. The molecule has 2 rings (SSSR count). The molecular formula is C12H15F3N2O4. The molecule has 1 unspecified atom stereocenters. The number of carbonyl (C=O) groups is 3. The predicted octanol–water partition coefficient (Wildman–Crippen LogP) is 0.378. The van der Waals surface area contributed by atoms with Crippen molar-refractivity contribution in [2.45, 2.75) is 25.4 Å². The van der Waals surface area contributed by atoms with Gasteiger partial charge in [0.1, 0.15) is 6.54 Å². The second-order valence-electron chi connectivity index (χ2n) is 5.59. The van der Waals surface area contributed by atoms with E-state index in [1.165, 1.54) is 0 Å². The summed E-state index contributed by atoms with van der Waals surface area (Å²) in [5, 5.41) is 11.4. The average molecular weight is 308 g/mol. The molecule has 1 saturated heterocycles. The summed E-state index contributed by atoms with van der Waals surface area (Å²) < 4.78 is 36.8. The fraction of sp³-hybridized carbons (Fsp3) is 0.750. The van der Waals surface area contributed by atoms with Crippen LogP contribution >= 0.6 is 0 Å². The molecule has 2 aliphatic rings. The Balaban J connectivity index is 1.84. The molecule has 0 aromatic carbocycles. The minimum Gasteiger partial charge on any atom is -0.481 e. The number of likely N-dealkylation sites (tertiary alicyclic amines) is 1. The molecule has 0 bridgehead atoms. The van der Waals surface area contributed by atoms with Crippen molar-refractivity contribution in [1.29, 1.82) is 0 Å². The van der Waals surface area contributed by atoms with Gasteiger partial charge in [-0.05, 0) is 12.8 Å². The molecule has 1 aliphatic heterocycles. The van der Waals surface area contributed by atoms with E-state index in [4.69, 9.17) is 5.11 Å². The maximum absolute atomic E-state index is 12.3. The van der Waals surface area contributed by atoms with Crippen LogP contribution in [-0.4, -0.2) is 53.6 Å². The number of carboxylic acids is 1. The quantitative estimate of drug-likeness (QED) is 0.768. The number of alkyl halides is 3. The van der Waals surface area contributed by atoms with E-state index >= 15 is 0 Å². The molecule has 2 N–H and O–H groups in total. The summed E-state index contributed by atoms with van der Waals surface area (Å²) in [6.45, 7) is -1.70. The van der Waals surface area contributed by atoms with Crippen LogP contribution in [0.15, 0.2) is 0 Å². The predicted molar refractivity (Wildman–Crippen MR) is 63.1 cm³/mol. The van der Waals surface area contributed by atoms with Gasteiger partial charge in [0.2, 0.25) is 11.8 Å². The van der Waals surface area contributed by atoms with Crippen LogP contribution in [0, 0.1) is 11.3 Å². The molecule has 1 atom stereocenters. The lowest BCUT2D eigenvalue weighted by Crippen LogP contribution is -2.39.